The highest BCUT2D eigenvalue weighted by Gasteiger charge is 2.39. The van der Waals surface area contributed by atoms with Crippen molar-refractivity contribution < 1.29 is 23.9 Å². The SMILES string of the molecule is CC(C)C(=O)COCCOCCN1C(=O)C[C@@H](C(C)C)C1=O. The number of ketones is 1. The van der Waals surface area contributed by atoms with Crippen LogP contribution in [0.2, 0.25) is 0 Å². The molecule has 6 heteroatoms. The number of amides is 2. The van der Waals surface area contributed by atoms with Crippen molar-refractivity contribution in [3.8, 4) is 0 Å². The van der Waals surface area contributed by atoms with E-state index in [0.717, 1.165) is 0 Å². The summed E-state index contributed by atoms with van der Waals surface area (Å²) in [7, 11) is 0. The molecule has 0 unspecified atom stereocenters. The first kappa shape index (κ1) is 18.8. The lowest BCUT2D eigenvalue weighted by atomic mass is 9.94. The second-order valence-corrected chi connectivity index (χ2v) is 6.22. The van der Waals surface area contributed by atoms with E-state index >= 15 is 0 Å². The molecule has 0 spiro atoms. The molecule has 0 aromatic carbocycles. The number of hydrogen-bond acceptors (Lipinski definition) is 5. The van der Waals surface area contributed by atoms with Gasteiger partial charge in [0.2, 0.25) is 11.8 Å². The van der Waals surface area contributed by atoms with E-state index in [0.29, 0.717) is 26.2 Å². The van der Waals surface area contributed by atoms with Gasteiger partial charge in [-0.1, -0.05) is 27.7 Å². The average molecular weight is 313 g/mol. The van der Waals surface area contributed by atoms with Gasteiger partial charge in [0.1, 0.15) is 6.61 Å². The van der Waals surface area contributed by atoms with Crippen LogP contribution in [0.15, 0.2) is 0 Å². The third-order valence-corrected chi connectivity index (χ3v) is 3.80. The smallest absolute Gasteiger partial charge is 0.233 e. The number of hydrogen-bond donors (Lipinski definition) is 0. The lowest BCUT2D eigenvalue weighted by Crippen LogP contribution is -2.34. The highest BCUT2D eigenvalue weighted by molar-refractivity contribution is 6.03. The number of carbonyl (C=O) groups excluding carboxylic acids is 3. The van der Waals surface area contributed by atoms with Gasteiger partial charge in [-0.3, -0.25) is 19.3 Å². The van der Waals surface area contributed by atoms with Crippen LogP contribution in [-0.4, -0.2) is 55.5 Å². The summed E-state index contributed by atoms with van der Waals surface area (Å²) in [5, 5.41) is 0. The molecule has 1 aliphatic rings. The van der Waals surface area contributed by atoms with Crippen LogP contribution in [0, 0.1) is 17.8 Å². The van der Waals surface area contributed by atoms with E-state index in [1.165, 1.54) is 4.90 Å². The summed E-state index contributed by atoms with van der Waals surface area (Å²) >= 11 is 0. The summed E-state index contributed by atoms with van der Waals surface area (Å²) in [6.07, 6.45) is 0.303. The molecule has 0 saturated carbocycles. The van der Waals surface area contributed by atoms with Crippen LogP contribution in [-0.2, 0) is 23.9 Å². The van der Waals surface area contributed by atoms with Crippen molar-refractivity contribution in [2.75, 3.05) is 33.0 Å². The summed E-state index contributed by atoms with van der Waals surface area (Å²) in [5.41, 5.74) is 0. The van der Waals surface area contributed by atoms with Crippen LogP contribution in [0.1, 0.15) is 34.1 Å². The van der Waals surface area contributed by atoms with E-state index in [1.54, 1.807) is 0 Å². The van der Waals surface area contributed by atoms with Crippen molar-refractivity contribution in [2.45, 2.75) is 34.1 Å². The molecule has 2 amide bonds. The summed E-state index contributed by atoms with van der Waals surface area (Å²) < 4.78 is 10.5. The highest BCUT2D eigenvalue weighted by Crippen LogP contribution is 2.25. The highest BCUT2D eigenvalue weighted by atomic mass is 16.5. The Balaban J connectivity index is 2.14. The molecule has 1 rings (SSSR count). The minimum Gasteiger partial charge on any atom is -0.377 e. The fraction of sp³-hybridized carbons (Fsp3) is 0.812. The molecule has 126 valence electrons. The van der Waals surface area contributed by atoms with E-state index in [1.807, 2.05) is 27.7 Å². The number of likely N-dealkylation sites (tertiary alicyclic amines) is 1. The molecular formula is C16H27NO5. The average Bonchev–Trinajstić information content (AvgIpc) is 2.73. The summed E-state index contributed by atoms with van der Waals surface area (Å²) in [4.78, 5) is 36.4. The van der Waals surface area contributed by atoms with Crippen LogP contribution in [0.5, 0.6) is 0 Å². The van der Waals surface area contributed by atoms with Gasteiger partial charge in [0, 0.05) is 18.3 Å². The van der Waals surface area contributed by atoms with Crippen LogP contribution in [0.25, 0.3) is 0 Å². The summed E-state index contributed by atoms with van der Waals surface area (Å²) in [5.74, 6) is -0.199. The second kappa shape index (κ2) is 9.00. The molecule has 1 atom stereocenters. The van der Waals surface area contributed by atoms with Gasteiger partial charge in [0.05, 0.1) is 26.4 Å². The van der Waals surface area contributed by atoms with Crippen molar-refractivity contribution in [1.29, 1.82) is 0 Å². The minimum atomic E-state index is -0.196. The van der Waals surface area contributed by atoms with Gasteiger partial charge in [-0.25, -0.2) is 0 Å². The molecule has 6 nitrogen and oxygen atoms in total. The molecule has 0 N–H and O–H groups in total. The molecular weight excluding hydrogens is 286 g/mol. The van der Waals surface area contributed by atoms with Gasteiger partial charge in [-0.15, -0.1) is 0 Å². The molecule has 1 fully saturated rings. The number of Topliss-reactive ketones (excluding diaryl/α,β-unsaturated/α-hetero) is 1. The van der Waals surface area contributed by atoms with Gasteiger partial charge in [0.15, 0.2) is 5.78 Å². The zero-order valence-corrected chi connectivity index (χ0v) is 14.0. The topological polar surface area (TPSA) is 72.9 Å². The monoisotopic (exact) mass is 313 g/mol. The zero-order valence-electron chi connectivity index (χ0n) is 14.0. The Kier molecular flexibility index (Phi) is 7.68. The quantitative estimate of drug-likeness (QED) is 0.449. The Labute approximate surface area is 132 Å². The Morgan fingerprint density at radius 2 is 1.77 bits per heavy atom. The van der Waals surface area contributed by atoms with Crippen LogP contribution >= 0.6 is 0 Å². The second-order valence-electron chi connectivity index (χ2n) is 6.22. The molecule has 0 aliphatic carbocycles. The first-order valence-electron chi connectivity index (χ1n) is 7.87. The molecule has 0 radical (unpaired) electrons. The Bertz CT molecular complexity index is 405. The third-order valence-electron chi connectivity index (χ3n) is 3.80. The molecule has 1 saturated heterocycles. The largest absolute Gasteiger partial charge is 0.377 e. The molecule has 0 aromatic heterocycles. The van der Waals surface area contributed by atoms with Gasteiger partial charge >= 0.3 is 0 Å². The summed E-state index contributed by atoms with van der Waals surface area (Å²) in [6, 6.07) is 0. The predicted molar refractivity (Wildman–Crippen MR) is 81.1 cm³/mol. The van der Waals surface area contributed by atoms with E-state index in [4.69, 9.17) is 9.47 Å². The maximum Gasteiger partial charge on any atom is 0.233 e. The lowest BCUT2D eigenvalue weighted by Gasteiger charge is -2.16. The maximum absolute atomic E-state index is 12.0. The van der Waals surface area contributed by atoms with Gasteiger partial charge in [-0.05, 0) is 5.92 Å². The van der Waals surface area contributed by atoms with Crippen LogP contribution < -0.4 is 0 Å². The number of ether oxygens (including phenoxy) is 2. The van der Waals surface area contributed by atoms with Gasteiger partial charge in [-0.2, -0.15) is 0 Å². The molecule has 1 heterocycles. The Hall–Kier alpha value is -1.27. The van der Waals surface area contributed by atoms with E-state index in [2.05, 4.69) is 0 Å². The fourth-order valence-corrected chi connectivity index (χ4v) is 2.18. The molecule has 0 aromatic rings. The summed E-state index contributed by atoms with van der Waals surface area (Å²) in [6.45, 7) is 8.91. The minimum absolute atomic E-state index is 0.0259. The molecule has 0 bridgehead atoms. The van der Waals surface area contributed by atoms with Gasteiger partial charge < -0.3 is 9.47 Å². The van der Waals surface area contributed by atoms with Crippen molar-refractivity contribution >= 4 is 17.6 Å². The van der Waals surface area contributed by atoms with Crippen molar-refractivity contribution in [1.82, 2.24) is 4.90 Å². The number of imide groups is 1. The number of rotatable bonds is 10. The number of carbonyl (C=O) groups is 3. The molecule has 1 aliphatic heterocycles. The van der Waals surface area contributed by atoms with Crippen LogP contribution in [0.4, 0.5) is 0 Å². The predicted octanol–water partition coefficient (Wildman–Crippen LogP) is 1.28. The van der Waals surface area contributed by atoms with Crippen molar-refractivity contribution in [2.24, 2.45) is 17.8 Å². The first-order valence-corrected chi connectivity index (χ1v) is 7.87. The van der Waals surface area contributed by atoms with Gasteiger partial charge in [0.25, 0.3) is 0 Å². The normalized spacial score (nSPS) is 18.8. The Morgan fingerprint density at radius 3 is 2.32 bits per heavy atom. The molecule has 22 heavy (non-hydrogen) atoms. The van der Waals surface area contributed by atoms with E-state index in [9.17, 15) is 14.4 Å². The van der Waals surface area contributed by atoms with Crippen molar-refractivity contribution in [3.05, 3.63) is 0 Å². The maximum atomic E-state index is 12.0. The first-order chi connectivity index (χ1) is 10.3. The third kappa shape index (κ3) is 5.50. The van der Waals surface area contributed by atoms with Crippen LogP contribution in [0.3, 0.4) is 0 Å². The standard InChI is InChI=1S/C16H27NO5/c1-11(2)13-9-15(19)17(16(13)20)5-6-21-7-8-22-10-14(18)12(3)4/h11-13H,5-10H2,1-4H3/t13-/m0/s1. The zero-order chi connectivity index (χ0) is 16.7. The lowest BCUT2D eigenvalue weighted by molar-refractivity contribution is -0.140. The number of nitrogens with zero attached hydrogens (tertiary/aromatic N) is 1. The Morgan fingerprint density at radius 1 is 1.14 bits per heavy atom. The van der Waals surface area contributed by atoms with Crippen molar-refractivity contribution in [3.63, 3.8) is 0 Å². The fourth-order valence-electron chi connectivity index (χ4n) is 2.18. The van der Waals surface area contributed by atoms with E-state index in [-0.39, 0.29) is 48.5 Å². The van der Waals surface area contributed by atoms with E-state index < -0.39 is 0 Å².